The number of carbonyl (C=O) groups excluding carboxylic acids is 1. The summed E-state index contributed by atoms with van der Waals surface area (Å²) in [6, 6.07) is 11.4. The minimum absolute atomic E-state index is 0.119. The first-order valence-corrected chi connectivity index (χ1v) is 9.67. The number of amides is 1. The molecule has 0 bridgehead atoms. The highest BCUT2D eigenvalue weighted by molar-refractivity contribution is 7.89. The zero-order valence-electron chi connectivity index (χ0n) is 13.8. The summed E-state index contributed by atoms with van der Waals surface area (Å²) in [5.74, 6) is -0.240. The van der Waals surface area contributed by atoms with Gasteiger partial charge in [-0.25, -0.2) is 12.7 Å². The number of anilines is 1. The number of benzene rings is 2. The molecule has 0 aromatic heterocycles. The molecule has 0 spiro atoms. The molecule has 0 atom stereocenters. The van der Waals surface area contributed by atoms with Crippen LogP contribution in [0, 0.1) is 0 Å². The number of nitrogens with one attached hydrogen (secondary N) is 1. The van der Waals surface area contributed by atoms with Gasteiger partial charge in [-0.15, -0.1) is 0 Å². The van der Waals surface area contributed by atoms with Gasteiger partial charge in [0.2, 0.25) is 15.9 Å². The Morgan fingerprint density at radius 3 is 2.48 bits per heavy atom. The average Bonchev–Trinajstić information content (AvgIpc) is 2.56. The van der Waals surface area contributed by atoms with Gasteiger partial charge in [-0.2, -0.15) is 0 Å². The molecule has 0 unspecified atom stereocenters. The smallest absolute Gasteiger partial charge is 0.242 e. The van der Waals surface area contributed by atoms with Crippen LogP contribution in [0.15, 0.2) is 47.4 Å². The zero-order chi connectivity index (χ0) is 18.6. The van der Waals surface area contributed by atoms with Gasteiger partial charge in [-0.3, -0.25) is 4.79 Å². The van der Waals surface area contributed by atoms with Gasteiger partial charge >= 0.3 is 0 Å². The number of hydrogen-bond acceptors (Lipinski definition) is 3. The van der Waals surface area contributed by atoms with Crippen molar-refractivity contribution in [2.45, 2.75) is 17.7 Å². The van der Waals surface area contributed by atoms with Crippen LogP contribution in [0.3, 0.4) is 0 Å². The Morgan fingerprint density at radius 1 is 1.12 bits per heavy atom. The van der Waals surface area contributed by atoms with Gasteiger partial charge in [0, 0.05) is 26.2 Å². The van der Waals surface area contributed by atoms with Crippen LogP contribution in [0.25, 0.3) is 0 Å². The van der Waals surface area contributed by atoms with E-state index in [-0.39, 0.29) is 17.2 Å². The first-order valence-electron chi connectivity index (χ1n) is 7.47. The number of hydrogen-bond donors (Lipinski definition) is 1. The number of aryl methyl sites for hydroxylation is 1. The van der Waals surface area contributed by atoms with Crippen LogP contribution in [-0.4, -0.2) is 32.7 Å². The molecule has 0 saturated heterocycles. The SMILES string of the molecule is CN(C)S(=O)(=O)c1cccc(NC(=O)CCc2cccc(Cl)c2Cl)c1. The Labute approximate surface area is 157 Å². The average molecular weight is 401 g/mol. The predicted octanol–water partition coefficient (Wildman–Crippen LogP) is 3.82. The highest BCUT2D eigenvalue weighted by Crippen LogP contribution is 2.26. The molecule has 8 heteroatoms. The molecule has 2 rings (SSSR count). The molecule has 0 radical (unpaired) electrons. The molecule has 0 aliphatic carbocycles. The molecule has 2 aromatic rings. The van der Waals surface area contributed by atoms with E-state index in [2.05, 4.69) is 5.32 Å². The van der Waals surface area contributed by atoms with Crippen LogP contribution < -0.4 is 5.32 Å². The maximum atomic E-state index is 12.1. The quantitative estimate of drug-likeness (QED) is 0.801. The second kappa shape index (κ2) is 8.19. The third-order valence-corrected chi connectivity index (χ3v) is 6.22. The number of carbonyl (C=O) groups is 1. The van der Waals surface area contributed by atoms with E-state index in [4.69, 9.17) is 23.2 Å². The van der Waals surface area contributed by atoms with E-state index >= 15 is 0 Å². The lowest BCUT2D eigenvalue weighted by molar-refractivity contribution is -0.116. The minimum Gasteiger partial charge on any atom is -0.326 e. The van der Waals surface area contributed by atoms with Crippen molar-refractivity contribution in [3.63, 3.8) is 0 Å². The maximum Gasteiger partial charge on any atom is 0.242 e. The molecule has 0 fully saturated rings. The van der Waals surface area contributed by atoms with E-state index in [1.165, 1.54) is 26.2 Å². The molecule has 0 aliphatic heterocycles. The fraction of sp³-hybridized carbons (Fsp3) is 0.235. The number of rotatable bonds is 6. The van der Waals surface area contributed by atoms with Crippen LogP contribution in [0.5, 0.6) is 0 Å². The molecule has 0 aliphatic rings. The number of nitrogens with zero attached hydrogens (tertiary/aromatic N) is 1. The van der Waals surface area contributed by atoms with Crippen molar-refractivity contribution >= 4 is 44.8 Å². The first kappa shape index (κ1) is 19.7. The van der Waals surface area contributed by atoms with Crippen molar-refractivity contribution in [2.24, 2.45) is 0 Å². The van der Waals surface area contributed by atoms with Crippen molar-refractivity contribution in [1.29, 1.82) is 0 Å². The molecule has 2 aromatic carbocycles. The van der Waals surface area contributed by atoms with Gasteiger partial charge in [0.1, 0.15) is 0 Å². The Balaban J connectivity index is 2.05. The molecular formula is C17H18Cl2N2O3S. The van der Waals surface area contributed by atoms with Crippen molar-refractivity contribution < 1.29 is 13.2 Å². The Morgan fingerprint density at radius 2 is 1.80 bits per heavy atom. The van der Waals surface area contributed by atoms with Gasteiger partial charge in [0.25, 0.3) is 0 Å². The van der Waals surface area contributed by atoms with E-state index in [1.807, 2.05) is 6.07 Å². The lowest BCUT2D eigenvalue weighted by atomic mass is 10.1. The zero-order valence-corrected chi connectivity index (χ0v) is 16.1. The standard InChI is InChI=1S/C17H18Cl2N2O3S/c1-21(2)25(23,24)14-7-4-6-13(11-14)20-16(22)10-9-12-5-3-8-15(18)17(12)19/h3-8,11H,9-10H2,1-2H3,(H,20,22). The van der Waals surface area contributed by atoms with Gasteiger partial charge < -0.3 is 5.32 Å². The maximum absolute atomic E-state index is 12.1. The summed E-state index contributed by atoms with van der Waals surface area (Å²) < 4.78 is 25.4. The normalized spacial score (nSPS) is 11.6. The summed E-state index contributed by atoms with van der Waals surface area (Å²) in [4.78, 5) is 12.2. The summed E-state index contributed by atoms with van der Waals surface area (Å²) >= 11 is 12.1. The molecule has 0 saturated carbocycles. The highest BCUT2D eigenvalue weighted by atomic mass is 35.5. The second-order valence-corrected chi connectivity index (χ2v) is 8.51. The number of halogens is 2. The lowest BCUT2D eigenvalue weighted by Gasteiger charge is -2.13. The first-order chi connectivity index (χ1) is 11.7. The molecule has 1 amide bonds. The van der Waals surface area contributed by atoms with E-state index in [9.17, 15) is 13.2 Å². The van der Waals surface area contributed by atoms with E-state index in [0.29, 0.717) is 22.2 Å². The van der Waals surface area contributed by atoms with Crippen LogP contribution in [0.2, 0.25) is 10.0 Å². The van der Waals surface area contributed by atoms with Crippen LogP contribution >= 0.6 is 23.2 Å². The van der Waals surface area contributed by atoms with Gasteiger partial charge in [-0.1, -0.05) is 41.4 Å². The summed E-state index contributed by atoms with van der Waals surface area (Å²) in [6.07, 6.45) is 0.631. The molecule has 25 heavy (non-hydrogen) atoms. The van der Waals surface area contributed by atoms with E-state index in [1.54, 1.807) is 24.3 Å². The fourth-order valence-electron chi connectivity index (χ4n) is 2.16. The van der Waals surface area contributed by atoms with Crippen molar-refractivity contribution in [3.8, 4) is 0 Å². The summed E-state index contributed by atoms with van der Waals surface area (Å²) in [5, 5.41) is 3.59. The van der Waals surface area contributed by atoms with Gasteiger partial charge in [0.15, 0.2) is 0 Å². The lowest BCUT2D eigenvalue weighted by Crippen LogP contribution is -2.22. The highest BCUT2D eigenvalue weighted by Gasteiger charge is 2.17. The third kappa shape index (κ3) is 4.95. The largest absolute Gasteiger partial charge is 0.326 e. The van der Waals surface area contributed by atoms with Gasteiger partial charge in [-0.05, 0) is 36.2 Å². The number of sulfonamides is 1. The summed E-state index contributed by atoms with van der Waals surface area (Å²) in [6.45, 7) is 0. The van der Waals surface area contributed by atoms with Crippen LogP contribution in [0.4, 0.5) is 5.69 Å². The van der Waals surface area contributed by atoms with Crippen molar-refractivity contribution in [3.05, 3.63) is 58.1 Å². The topological polar surface area (TPSA) is 66.5 Å². The Kier molecular flexibility index (Phi) is 6.46. The van der Waals surface area contributed by atoms with Crippen LogP contribution in [-0.2, 0) is 21.2 Å². The molecule has 0 heterocycles. The van der Waals surface area contributed by atoms with E-state index in [0.717, 1.165) is 9.87 Å². The monoisotopic (exact) mass is 400 g/mol. The van der Waals surface area contributed by atoms with Gasteiger partial charge in [0.05, 0.1) is 14.9 Å². The molecule has 134 valence electrons. The Hall–Kier alpha value is -1.60. The minimum atomic E-state index is -3.55. The molecular weight excluding hydrogens is 383 g/mol. The third-order valence-electron chi connectivity index (χ3n) is 3.55. The molecule has 1 N–H and O–H groups in total. The van der Waals surface area contributed by atoms with Crippen molar-refractivity contribution in [2.75, 3.05) is 19.4 Å². The molecule has 5 nitrogen and oxygen atoms in total. The predicted molar refractivity (Wildman–Crippen MR) is 101 cm³/mol. The van der Waals surface area contributed by atoms with E-state index < -0.39 is 10.0 Å². The van der Waals surface area contributed by atoms with Crippen molar-refractivity contribution in [1.82, 2.24) is 4.31 Å². The fourth-order valence-corrected chi connectivity index (χ4v) is 3.52. The summed E-state index contributed by atoms with van der Waals surface area (Å²) in [7, 11) is -0.644. The Bertz CT molecular complexity index is 883. The summed E-state index contributed by atoms with van der Waals surface area (Å²) in [5.41, 5.74) is 1.21. The van der Waals surface area contributed by atoms with Crippen LogP contribution in [0.1, 0.15) is 12.0 Å². The second-order valence-electron chi connectivity index (χ2n) is 5.58.